The molecule has 2 aliphatic heterocycles. The van der Waals surface area contributed by atoms with Gasteiger partial charge >= 0.3 is 6.18 Å². The average molecular weight is 579 g/mol. The summed E-state index contributed by atoms with van der Waals surface area (Å²) in [6, 6.07) is 15.0. The molecule has 42 heavy (non-hydrogen) atoms. The Balaban J connectivity index is 1.12. The van der Waals surface area contributed by atoms with E-state index in [0.717, 1.165) is 74.1 Å². The van der Waals surface area contributed by atoms with Crippen molar-refractivity contribution >= 4 is 22.6 Å². The van der Waals surface area contributed by atoms with Gasteiger partial charge in [0.2, 0.25) is 0 Å². The number of nitrogens with zero attached hydrogens (tertiary/aromatic N) is 3. The SMILES string of the molecule is NC(=O)c1oc2ccc(OC3CCN(c4ccc(C(F)(F)F)cc4)CC3)cc2c1C1CCN(Cc2cccnc2)CC1. The number of fused-ring (bicyclic) bond motifs is 1. The van der Waals surface area contributed by atoms with Gasteiger partial charge in [-0.2, -0.15) is 13.2 Å². The number of benzene rings is 2. The Morgan fingerprint density at radius 3 is 2.38 bits per heavy atom. The number of carbonyl (C=O) groups is 1. The quantitative estimate of drug-likeness (QED) is 0.274. The Morgan fingerprint density at radius 1 is 1.00 bits per heavy atom. The molecule has 6 rings (SSSR count). The number of anilines is 1. The lowest BCUT2D eigenvalue weighted by Crippen LogP contribution is -2.38. The highest BCUT2D eigenvalue weighted by atomic mass is 19.4. The van der Waals surface area contributed by atoms with Gasteiger partial charge in [-0.1, -0.05) is 6.07 Å². The maximum atomic E-state index is 12.9. The number of pyridine rings is 1. The third-order valence-corrected chi connectivity index (χ3v) is 8.35. The molecule has 0 radical (unpaired) electrons. The van der Waals surface area contributed by atoms with Crippen LogP contribution in [0.25, 0.3) is 11.0 Å². The number of furan rings is 1. The highest BCUT2D eigenvalue weighted by Crippen LogP contribution is 2.39. The van der Waals surface area contributed by atoms with Gasteiger partial charge in [-0.25, -0.2) is 0 Å². The third-order valence-electron chi connectivity index (χ3n) is 8.35. The van der Waals surface area contributed by atoms with Gasteiger partial charge in [0.05, 0.1) is 5.56 Å². The fourth-order valence-corrected chi connectivity index (χ4v) is 6.17. The van der Waals surface area contributed by atoms with Crippen molar-refractivity contribution in [2.24, 2.45) is 5.73 Å². The number of amides is 1. The minimum absolute atomic E-state index is 0.0326. The number of hydrogen-bond acceptors (Lipinski definition) is 6. The van der Waals surface area contributed by atoms with Crippen LogP contribution in [0.15, 0.2) is 71.4 Å². The topological polar surface area (TPSA) is 84.8 Å². The normalized spacial score (nSPS) is 17.5. The van der Waals surface area contributed by atoms with Gasteiger partial charge in [0.25, 0.3) is 5.91 Å². The minimum Gasteiger partial charge on any atom is -0.490 e. The van der Waals surface area contributed by atoms with Crippen molar-refractivity contribution in [2.45, 2.75) is 50.4 Å². The van der Waals surface area contributed by atoms with Crippen LogP contribution in [0, 0.1) is 0 Å². The number of aromatic nitrogens is 1. The van der Waals surface area contributed by atoms with Gasteiger partial charge in [-0.15, -0.1) is 0 Å². The molecule has 4 heterocycles. The fraction of sp³-hybridized carbons (Fsp3) is 0.375. The molecule has 2 aliphatic rings. The molecule has 2 aromatic carbocycles. The maximum Gasteiger partial charge on any atom is 0.416 e. The van der Waals surface area contributed by atoms with Crippen LogP contribution in [0.3, 0.4) is 0 Å². The van der Waals surface area contributed by atoms with Crippen molar-refractivity contribution < 1.29 is 27.1 Å². The van der Waals surface area contributed by atoms with Gasteiger partial charge in [-0.3, -0.25) is 14.7 Å². The van der Waals surface area contributed by atoms with Crippen molar-refractivity contribution in [3.8, 4) is 5.75 Å². The number of halogens is 3. The average Bonchev–Trinajstić information content (AvgIpc) is 3.37. The van der Waals surface area contributed by atoms with E-state index in [1.165, 1.54) is 17.7 Å². The Labute approximate surface area is 242 Å². The zero-order valence-electron chi connectivity index (χ0n) is 23.1. The predicted molar refractivity (Wildman–Crippen MR) is 154 cm³/mol. The van der Waals surface area contributed by atoms with Crippen molar-refractivity contribution in [3.63, 3.8) is 0 Å². The summed E-state index contributed by atoms with van der Waals surface area (Å²) in [7, 11) is 0. The largest absolute Gasteiger partial charge is 0.490 e. The zero-order valence-corrected chi connectivity index (χ0v) is 23.1. The van der Waals surface area contributed by atoms with Gasteiger partial charge in [0.1, 0.15) is 17.4 Å². The van der Waals surface area contributed by atoms with Crippen molar-refractivity contribution in [3.05, 3.63) is 89.4 Å². The molecular formula is C32H33F3N4O3. The molecule has 2 N–H and O–H groups in total. The number of likely N-dealkylation sites (tertiary alicyclic amines) is 1. The van der Waals surface area contributed by atoms with Crippen LogP contribution in [0.2, 0.25) is 0 Å². The molecule has 0 bridgehead atoms. The fourth-order valence-electron chi connectivity index (χ4n) is 6.17. The summed E-state index contributed by atoms with van der Waals surface area (Å²) >= 11 is 0. The molecule has 7 nitrogen and oxygen atoms in total. The number of alkyl halides is 3. The van der Waals surface area contributed by atoms with Crippen LogP contribution >= 0.6 is 0 Å². The van der Waals surface area contributed by atoms with Crippen molar-refractivity contribution in [2.75, 3.05) is 31.1 Å². The molecule has 0 atom stereocenters. The van der Waals surface area contributed by atoms with Crippen molar-refractivity contribution in [1.82, 2.24) is 9.88 Å². The molecule has 2 aromatic heterocycles. The standard InChI is InChI=1S/C32H33F3N4O3/c33-32(34,35)23-3-5-24(6-4-23)39-16-11-25(12-17-39)41-26-7-8-28-27(18-26)29(30(42-28)31(36)40)22-9-14-38(15-10-22)20-21-2-1-13-37-19-21/h1-8,13,18-19,22,25H,9-12,14-17,20H2,(H2,36,40). The van der Waals surface area contributed by atoms with Gasteiger partial charge in [0.15, 0.2) is 5.76 Å². The Hall–Kier alpha value is -4.05. The van der Waals surface area contributed by atoms with Gasteiger partial charge in [-0.05, 0) is 85.9 Å². The van der Waals surface area contributed by atoms with Crippen LogP contribution < -0.4 is 15.4 Å². The Kier molecular flexibility index (Phi) is 7.81. The summed E-state index contributed by atoms with van der Waals surface area (Å²) < 4.78 is 51.1. The number of rotatable bonds is 7. The number of ether oxygens (including phenoxy) is 1. The van der Waals surface area contributed by atoms with E-state index in [-0.39, 0.29) is 17.8 Å². The number of hydrogen-bond donors (Lipinski definition) is 1. The molecule has 220 valence electrons. The van der Waals surface area contributed by atoms with Crippen LogP contribution in [0.4, 0.5) is 18.9 Å². The zero-order chi connectivity index (χ0) is 29.3. The monoisotopic (exact) mass is 578 g/mol. The van der Waals surface area contributed by atoms with Crippen LogP contribution in [0.1, 0.15) is 58.8 Å². The molecule has 0 saturated carbocycles. The van der Waals surface area contributed by atoms with Crippen LogP contribution in [0.5, 0.6) is 5.75 Å². The lowest BCUT2D eigenvalue weighted by Gasteiger charge is -2.34. The van der Waals surface area contributed by atoms with Crippen LogP contribution in [-0.2, 0) is 12.7 Å². The van der Waals surface area contributed by atoms with E-state index in [9.17, 15) is 18.0 Å². The smallest absolute Gasteiger partial charge is 0.416 e. The van der Waals surface area contributed by atoms with Crippen LogP contribution in [-0.4, -0.2) is 48.1 Å². The first-order valence-corrected chi connectivity index (χ1v) is 14.3. The first-order chi connectivity index (χ1) is 20.2. The Morgan fingerprint density at radius 2 is 1.74 bits per heavy atom. The van der Waals surface area contributed by atoms with E-state index in [1.54, 1.807) is 6.20 Å². The minimum atomic E-state index is -4.34. The molecule has 4 aromatic rings. The lowest BCUT2D eigenvalue weighted by atomic mass is 9.87. The maximum absolute atomic E-state index is 12.9. The lowest BCUT2D eigenvalue weighted by molar-refractivity contribution is -0.137. The molecule has 10 heteroatoms. The molecule has 0 unspecified atom stereocenters. The highest BCUT2D eigenvalue weighted by molar-refractivity contribution is 5.99. The van der Waals surface area contributed by atoms with E-state index >= 15 is 0 Å². The third kappa shape index (κ3) is 6.09. The molecule has 1 amide bonds. The molecular weight excluding hydrogens is 545 g/mol. The summed E-state index contributed by atoms with van der Waals surface area (Å²) in [5, 5.41) is 0.856. The first-order valence-electron chi connectivity index (χ1n) is 14.3. The number of carbonyl (C=O) groups excluding carboxylic acids is 1. The van der Waals surface area contributed by atoms with Gasteiger partial charge < -0.3 is 19.8 Å². The second kappa shape index (κ2) is 11.7. The number of nitrogens with two attached hydrogens (primary N) is 1. The van der Waals surface area contributed by atoms with E-state index in [1.807, 2.05) is 30.5 Å². The van der Waals surface area contributed by atoms with E-state index in [0.29, 0.717) is 24.4 Å². The summed E-state index contributed by atoms with van der Waals surface area (Å²) in [5.74, 6) is 0.485. The van der Waals surface area contributed by atoms with E-state index in [4.69, 9.17) is 14.9 Å². The molecule has 2 fully saturated rings. The van der Waals surface area contributed by atoms with Gasteiger partial charge in [0, 0.05) is 61.5 Å². The van der Waals surface area contributed by atoms with E-state index in [2.05, 4.69) is 20.9 Å². The van der Waals surface area contributed by atoms with E-state index < -0.39 is 17.6 Å². The summed E-state index contributed by atoms with van der Waals surface area (Å²) in [5.41, 5.74) is 8.53. The summed E-state index contributed by atoms with van der Waals surface area (Å²) in [6.45, 7) is 3.97. The summed E-state index contributed by atoms with van der Waals surface area (Å²) in [4.78, 5) is 21.1. The molecule has 0 aliphatic carbocycles. The second-order valence-electron chi connectivity index (χ2n) is 11.1. The van der Waals surface area contributed by atoms with Crippen molar-refractivity contribution in [1.29, 1.82) is 0 Å². The number of primary amides is 1. The highest BCUT2D eigenvalue weighted by Gasteiger charge is 2.31. The second-order valence-corrected chi connectivity index (χ2v) is 11.1. The first kappa shape index (κ1) is 28.1. The predicted octanol–water partition coefficient (Wildman–Crippen LogP) is 6.37. The number of piperidine rings is 2. The summed E-state index contributed by atoms with van der Waals surface area (Å²) in [6.07, 6.45) is 2.51. The molecule has 2 saturated heterocycles. The Bertz CT molecular complexity index is 1520. The molecule has 0 spiro atoms.